The molecule has 4 heteroatoms. The van der Waals surface area contributed by atoms with Crippen molar-refractivity contribution in [3.63, 3.8) is 0 Å². The highest BCUT2D eigenvalue weighted by Gasteiger charge is 2.04. The van der Waals surface area contributed by atoms with Gasteiger partial charge in [-0.3, -0.25) is 0 Å². The van der Waals surface area contributed by atoms with Gasteiger partial charge < -0.3 is 0 Å². The summed E-state index contributed by atoms with van der Waals surface area (Å²) in [6.45, 7) is 1.88. The van der Waals surface area contributed by atoms with Crippen LogP contribution in [-0.2, 0) is 0 Å². The first-order valence-electron chi connectivity index (χ1n) is 3.77. The van der Waals surface area contributed by atoms with Gasteiger partial charge in [0.15, 0.2) is 0 Å². The van der Waals surface area contributed by atoms with Gasteiger partial charge in [0, 0.05) is 9.86 Å². The molecular formula is C9H6Br2N2. The van der Waals surface area contributed by atoms with Crippen molar-refractivity contribution in [1.29, 1.82) is 0 Å². The Morgan fingerprint density at radius 1 is 1.15 bits per heavy atom. The Bertz CT molecular complexity index is 468. The molecule has 0 saturated heterocycles. The number of aryl methyl sites for hydroxylation is 1. The fraction of sp³-hybridized carbons (Fsp3) is 0.111. The molecule has 0 N–H and O–H groups in total. The van der Waals surface area contributed by atoms with E-state index in [1.807, 2.05) is 25.1 Å². The van der Waals surface area contributed by atoms with Crippen molar-refractivity contribution in [1.82, 2.24) is 9.97 Å². The first kappa shape index (κ1) is 9.09. The topological polar surface area (TPSA) is 25.8 Å². The van der Waals surface area contributed by atoms with Crippen LogP contribution in [0.15, 0.2) is 27.3 Å². The van der Waals surface area contributed by atoms with Gasteiger partial charge in [-0.2, -0.15) is 0 Å². The van der Waals surface area contributed by atoms with Gasteiger partial charge in [0.05, 0.1) is 5.52 Å². The van der Waals surface area contributed by atoms with Gasteiger partial charge in [0.2, 0.25) is 0 Å². The minimum absolute atomic E-state index is 0.770. The number of hydrogen-bond acceptors (Lipinski definition) is 2. The third-order valence-electron chi connectivity index (χ3n) is 1.74. The molecule has 0 aliphatic heterocycles. The Labute approximate surface area is 92.7 Å². The molecule has 1 aromatic carbocycles. The minimum atomic E-state index is 0.770. The molecule has 2 aromatic rings. The number of fused-ring (bicyclic) bond motifs is 1. The maximum Gasteiger partial charge on any atom is 0.127 e. The van der Waals surface area contributed by atoms with Crippen molar-refractivity contribution in [3.8, 4) is 0 Å². The van der Waals surface area contributed by atoms with E-state index < -0.39 is 0 Å². The molecule has 0 atom stereocenters. The second kappa shape index (κ2) is 3.35. The maximum absolute atomic E-state index is 4.35. The summed E-state index contributed by atoms with van der Waals surface area (Å²) in [6.07, 6.45) is 0. The van der Waals surface area contributed by atoms with Crippen molar-refractivity contribution < 1.29 is 0 Å². The van der Waals surface area contributed by atoms with Gasteiger partial charge in [0.1, 0.15) is 10.4 Å². The lowest BCUT2D eigenvalue weighted by molar-refractivity contribution is 1.07. The maximum atomic E-state index is 4.35. The monoisotopic (exact) mass is 300 g/mol. The molecule has 13 heavy (non-hydrogen) atoms. The van der Waals surface area contributed by atoms with Crippen LogP contribution in [-0.4, -0.2) is 9.97 Å². The van der Waals surface area contributed by atoms with Crippen LogP contribution in [0.25, 0.3) is 10.9 Å². The molecule has 0 saturated carbocycles. The predicted molar refractivity (Wildman–Crippen MR) is 59.7 cm³/mol. The van der Waals surface area contributed by atoms with Crippen LogP contribution in [0.5, 0.6) is 0 Å². The Kier molecular flexibility index (Phi) is 2.34. The second-order valence-corrected chi connectivity index (χ2v) is 4.30. The number of hydrogen-bond donors (Lipinski definition) is 0. The standard InChI is InChI=1S/C9H6Br2N2/c1-5-12-8-6(9(11)13-5)3-2-4-7(8)10/h2-4H,1H3. The third kappa shape index (κ3) is 1.60. The lowest BCUT2D eigenvalue weighted by atomic mass is 10.2. The third-order valence-corrected chi connectivity index (χ3v) is 2.99. The molecule has 0 fully saturated rings. The first-order valence-corrected chi connectivity index (χ1v) is 5.35. The fourth-order valence-electron chi connectivity index (χ4n) is 1.18. The van der Waals surface area contributed by atoms with Gasteiger partial charge in [-0.1, -0.05) is 6.07 Å². The molecule has 0 amide bonds. The normalized spacial score (nSPS) is 10.7. The van der Waals surface area contributed by atoms with Gasteiger partial charge in [0.25, 0.3) is 0 Å². The lowest BCUT2D eigenvalue weighted by Crippen LogP contribution is -1.90. The first-order chi connectivity index (χ1) is 6.18. The van der Waals surface area contributed by atoms with Crippen LogP contribution in [0.3, 0.4) is 0 Å². The average molecular weight is 302 g/mol. The van der Waals surface area contributed by atoms with Gasteiger partial charge in [-0.15, -0.1) is 0 Å². The SMILES string of the molecule is Cc1nc(Br)c2cccc(Br)c2n1. The number of aromatic nitrogens is 2. The number of para-hydroxylation sites is 1. The minimum Gasteiger partial charge on any atom is -0.232 e. The van der Waals surface area contributed by atoms with E-state index in [-0.39, 0.29) is 0 Å². The Morgan fingerprint density at radius 2 is 1.92 bits per heavy atom. The molecular weight excluding hydrogens is 296 g/mol. The molecule has 0 radical (unpaired) electrons. The van der Waals surface area contributed by atoms with E-state index in [1.54, 1.807) is 0 Å². The van der Waals surface area contributed by atoms with Crippen LogP contribution < -0.4 is 0 Å². The summed E-state index contributed by atoms with van der Waals surface area (Å²) >= 11 is 6.86. The largest absolute Gasteiger partial charge is 0.232 e. The summed E-state index contributed by atoms with van der Waals surface area (Å²) in [5.74, 6) is 0.770. The zero-order valence-electron chi connectivity index (χ0n) is 6.88. The van der Waals surface area contributed by atoms with E-state index in [9.17, 15) is 0 Å². The van der Waals surface area contributed by atoms with Gasteiger partial charge >= 0.3 is 0 Å². The number of nitrogens with zero attached hydrogens (tertiary/aromatic N) is 2. The molecule has 1 heterocycles. The summed E-state index contributed by atoms with van der Waals surface area (Å²) in [4.78, 5) is 8.58. The molecule has 2 nitrogen and oxygen atoms in total. The van der Waals surface area contributed by atoms with Crippen LogP contribution >= 0.6 is 31.9 Å². The number of benzene rings is 1. The highest BCUT2D eigenvalue weighted by Crippen LogP contribution is 2.26. The van der Waals surface area contributed by atoms with Crippen molar-refractivity contribution >= 4 is 42.8 Å². The van der Waals surface area contributed by atoms with Crippen molar-refractivity contribution in [2.45, 2.75) is 6.92 Å². The van der Waals surface area contributed by atoms with Gasteiger partial charge in [-0.25, -0.2) is 9.97 Å². The van der Waals surface area contributed by atoms with E-state index >= 15 is 0 Å². The molecule has 0 aliphatic carbocycles. The van der Waals surface area contributed by atoms with Crippen LogP contribution in [0.1, 0.15) is 5.82 Å². The summed E-state index contributed by atoms with van der Waals surface area (Å²) in [5.41, 5.74) is 0.946. The van der Waals surface area contributed by atoms with E-state index in [0.29, 0.717) is 0 Å². The highest BCUT2D eigenvalue weighted by atomic mass is 79.9. The summed E-state index contributed by atoms with van der Waals surface area (Å²) in [7, 11) is 0. The average Bonchev–Trinajstić information content (AvgIpc) is 2.07. The Hall–Kier alpha value is -0.480. The zero-order chi connectivity index (χ0) is 9.42. The van der Waals surface area contributed by atoms with Gasteiger partial charge in [-0.05, 0) is 50.9 Å². The quantitative estimate of drug-likeness (QED) is 0.696. The lowest BCUT2D eigenvalue weighted by Gasteiger charge is -2.02. The van der Waals surface area contributed by atoms with Crippen LogP contribution in [0, 0.1) is 6.92 Å². The molecule has 0 unspecified atom stereocenters. The second-order valence-electron chi connectivity index (χ2n) is 2.70. The predicted octanol–water partition coefficient (Wildman–Crippen LogP) is 3.46. The zero-order valence-corrected chi connectivity index (χ0v) is 10.1. The van der Waals surface area contributed by atoms with Crippen molar-refractivity contribution in [2.75, 3.05) is 0 Å². The smallest absolute Gasteiger partial charge is 0.127 e. The molecule has 0 aliphatic rings. The van der Waals surface area contributed by atoms with Crippen LogP contribution in [0.4, 0.5) is 0 Å². The van der Waals surface area contributed by atoms with E-state index in [2.05, 4.69) is 41.8 Å². The van der Waals surface area contributed by atoms with E-state index in [1.165, 1.54) is 0 Å². The Balaban J connectivity index is 2.94. The summed E-state index contributed by atoms with van der Waals surface area (Å²) < 4.78 is 1.84. The fourth-order valence-corrected chi connectivity index (χ4v) is 2.22. The number of rotatable bonds is 0. The van der Waals surface area contributed by atoms with E-state index in [4.69, 9.17) is 0 Å². The molecule has 66 valence electrons. The summed E-state index contributed by atoms with van der Waals surface area (Å²) in [6, 6.07) is 5.93. The van der Waals surface area contributed by atoms with E-state index in [0.717, 1.165) is 25.8 Å². The molecule has 1 aromatic heterocycles. The van der Waals surface area contributed by atoms with Crippen molar-refractivity contribution in [3.05, 3.63) is 33.1 Å². The number of halogens is 2. The van der Waals surface area contributed by atoms with Crippen molar-refractivity contribution in [2.24, 2.45) is 0 Å². The molecule has 0 bridgehead atoms. The molecule has 2 rings (SSSR count). The summed E-state index contributed by atoms with van der Waals surface area (Å²) in [5, 5.41) is 1.03. The van der Waals surface area contributed by atoms with Crippen LogP contribution in [0.2, 0.25) is 0 Å². The Morgan fingerprint density at radius 3 is 2.69 bits per heavy atom. The highest BCUT2D eigenvalue weighted by molar-refractivity contribution is 9.11. The molecule has 0 spiro atoms.